The molecular weight excluding hydrogens is 243 g/mol. The minimum absolute atomic E-state index is 0.0695. The number of hydrogen-bond donors (Lipinski definition) is 0. The molecule has 0 aliphatic carbocycles. The van der Waals surface area contributed by atoms with Gasteiger partial charge >= 0.3 is 6.18 Å². The maximum Gasteiger partial charge on any atom is 0.416 e. The quantitative estimate of drug-likeness (QED) is 0.806. The number of rotatable bonds is 2. The molecule has 0 unspecified atom stereocenters. The summed E-state index contributed by atoms with van der Waals surface area (Å²) in [6, 6.07) is 3.59. The summed E-state index contributed by atoms with van der Waals surface area (Å²) in [5.74, 6) is -0.0695. The lowest BCUT2D eigenvalue weighted by Gasteiger charge is -2.07. The third-order valence-electron chi connectivity index (χ3n) is 2.84. The van der Waals surface area contributed by atoms with E-state index in [0.717, 1.165) is 12.1 Å². The molecule has 1 aromatic carbocycles. The van der Waals surface area contributed by atoms with Crippen LogP contribution in [0.15, 0.2) is 24.4 Å². The lowest BCUT2D eigenvalue weighted by Crippen LogP contribution is -2.04. The van der Waals surface area contributed by atoms with Crippen LogP contribution in [0.1, 0.15) is 18.1 Å². The van der Waals surface area contributed by atoms with Crippen LogP contribution in [0.25, 0.3) is 10.9 Å². The van der Waals surface area contributed by atoms with Gasteiger partial charge in [0.05, 0.1) is 5.56 Å². The van der Waals surface area contributed by atoms with Gasteiger partial charge in [0.2, 0.25) is 0 Å². The van der Waals surface area contributed by atoms with E-state index in [2.05, 4.69) is 0 Å². The van der Waals surface area contributed by atoms with Crippen LogP contribution in [0.2, 0.25) is 0 Å². The molecule has 0 amide bonds. The number of halogens is 3. The van der Waals surface area contributed by atoms with Gasteiger partial charge in [0.15, 0.2) is 0 Å². The average Bonchev–Trinajstić information content (AvgIpc) is 2.53. The second-order valence-corrected chi connectivity index (χ2v) is 4.37. The lowest BCUT2D eigenvalue weighted by atomic mass is 10.1. The Hall–Kier alpha value is -1.78. The Balaban J connectivity index is 2.62. The van der Waals surface area contributed by atoms with Gasteiger partial charge in [0, 0.05) is 30.6 Å². The number of benzene rings is 1. The zero-order valence-electron chi connectivity index (χ0n) is 10.0. The SMILES string of the molecule is CC(=O)Cc1cn(C)c2ccc(C(F)(F)F)cc12. The summed E-state index contributed by atoms with van der Waals surface area (Å²) in [4.78, 5) is 11.1. The topological polar surface area (TPSA) is 22.0 Å². The van der Waals surface area contributed by atoms with Gasteiger partial charge in [-0.3, -0.25) is 4.79 Å². The van der Waals surface area contributed by atoms with Gasteiger partial charge in [-0.25, -0.2) is 0 Å². The van der Waals surface area contributed by atoms with E-state index in [1.165, 1.54) is 13.0 Å². The minimum Gasteiger partial charge on any atom is -0.350 e. The predicted molar refractivity (Wildman–Crippen MR) is 62.3 cm³/mol. The molecule has 0 N–H and O–H groups in total. The van der Waals surface area contributed by atoms with Crippen molar-refractivity contribution >= 4 is 16.7 Å². The summed E-state index contributed by atoms with van der Waals surface area (Å²) in [6.07, 6.45) is -2.51. The maximum absolute atomic E-state index is 12.6. The van der Waals surface area contributed by atoms with E-state index < -0.39 is 11.7 Å². The Bertz CT molecular complexity index is 610. The molecule has 0 saturated carbocycles. The highest BCUT2D eigenvalue weighted by Gasteiger charge is 2.30. The predicted octanol–water partition coefficient (Wildman–Crippen LogP) is 3.33. The first-order chi connectivity index (χ1) is 8.29. The summed E-state index contributed by atoms with van der Waals surface area (Å²) in [7, 11) is 1.75. The highest BCUT2D eigenvalue weighted by molar-refractivity contribution is 5.89. The fourth-order valence-electron chi connectivity index (χ4n) is 2.06. The van der Waals surface area contributed by atoms with Crippen molar-refractivity contribution in [2.24, 2.45) is 7.05 Å². The lowest BCUT2D eigenvalue weighted by molar-refractivity contribution is -0.137. The second-order valence-electron chi connectivity index (χ2n) is 4.37. The summed E-state index contributed by atoms with van der Waals surface area (Å²) in [5, 5.41) is 0.488. The molecule has 0 fully saturated rings. The van der Waals surface area contributed by atoms with E-state index in [9.17, 15) is 18.0 Å². The molecule has 0 aliphatic rings. The van der Waals surface area contributed by atoms with Crippen LogP contribution in [0.4, 0.5) is 13.2 Å². The molecule has 0 atom stereocenters. The minimum atomic E-state index is -4.36. The molecule has 0 saturated heterocycles. The third kappa shape index (κ3) is 2.25. The van der Waals surface area contributed by atoms with E-state index >= 15 is 0 Å². The number of Topliss-reactive ketones (excluding diaryl/α,β-unsaturated/α-hetero) is 1. The van der Waals surface area contributed by atoms with E-state index in [0.29, 0.717) is 16.5 Å². The molecule has 2 rings (SSSR count). The van der Waals surface area contributed by atoms with E-state index in [1.807, 2.05) is 0 Å². The summed E-state index contributed by atoms with van der Waals surface area (Å²) in [6.45, 7) is 1.42. The summed E-state index contributed by atoms with van der Waals surface area (Å²) in [5.41, 5.74) is 0.636. The molecule has 5 heteroatoms. The van der Waals surface area contributed by atoms with Crippen molar-refractivity contribution in [3.8, 4) is 0 Å². The molecule has 2 aromatic rings. The number of hydrogen-bond acceptors (Lipinski definition) is 1. The van der Waals surface area contributed by atoms with Crippen molar-refractivity contribution in [3.63, 3.8) is 0 Å². The van der Waals surface area contributed by atoms with Crippen molar-refractivity contribution in [3.05, 3.63) is 35.5 Å². The first kappa shape index (κ1) is 12.7. The van der Waals surface area contributed by atoms with Crippen molar-refractivity contribution in [2.75, 3.05) is 0 Å². The molecule has 18 heavy (non-hydrogen) atoms. The third-order valence-corrected chi connectivity index (χ3v) is 2.84. The Morgan fingerprint density at radius 3 is 2.56 bits per heavy atom. The largest absolute Gasteiger partial charge is 0.416 e. The number of aromatic nitrogens is 1. The van der Waals surface area contributed by atoms with Crippen molar-refractivity contribution in [1.29, 1.82) is 0 Å². The van der Waals surface area contributed by atoms with Gasteiger partial charge in [0.25, 0.3) is 0 Å². The Labute approximate surface area is 102 Å². The molecule has 1 heterocycles. The Morgan fingerprint density at radius 1 is 1.33 bits per heavy atom. The maximum atomic E-state index is 12.6. The summed E-state index contributed by atoms with van der Waals surface area (Å²) < 4.78 is 39.7. The smallest absolute Gasteiger partial charge is 0.350 e. The molecule has 0 bridgehead atoms. The molecule has 2 nitrogen and oxygen atoms in total. The van der Waals surface area contributed by atoms with Crippen LogP contribution in [0.3, 0.4) is 0 Å². The molecule has 0 aliphatic heterocycles. The van der Waals surface area contributed by atoms with Crippen LogP contribution in [-0.4, -0.2) is 10.4 Å². The standard InChI is InChI=1S/C13H12F3NO/c1-8(18)5-9-7-17(2)12-4-3-10(6-11(9)12)13(14,15)16/h3-4,6-7H,5H2,1-2H3. The van der Waals surface area contributed by atoms with E-state index in [-0.39, 0.29) is 12.2 Å². The highest BCUT2D eigenvalue weighted by Crippen LogP contribution is 2.32. The van der Waals surface area contributed by atoms with Crippen molar-refractivity contribution < 1.29 is 18.0 Å². The molecular formula is C13H12F3NO. The zero-order chi connectivity index (χ0) is 13.5. The first-order valence-electron chi connectivity index (χ1n) is 5.43. The van der Waals surface area contributed by atoms with Gasteiger partial charge in [-0.05, 0) is 30.7 Å². The van der Waals surface area contributed by atoms with Gasteiger partial charge in [0.1, 0.15) is 5.78 Å². The number of carbonyl (C=O) groups is 1. The second kappa shape index (κ2) is 4.15. The number of alkyl halides is 3. The van der Waals surface area contributed by atoms with Gasteiger partial charge < -0.3 is 4.57 Å². The van der Waals surface area contributed by atoms with Gasteiger partial charge in [-0.15, -0.1) is 0 Å². The highest BCUT2D eigenvalue weighted by atomic mass is 19.4. The number of ketones is 1. The Morgan fingerprint density at radius 2 is 2.00 bits per heavy atom. The number of carbonyl (C=O) groups excluding carboxylic acids is 1. The number of nitrogens with zero attached hydrogens (tertiary/aromatic N) is 1. The number of fused-ring (bicyclic) bond motifs is 1. The first-order valence-corrected chi connectivity index (χ1v) is 5.43. The van der Waals surface area contributed by atoms with Crippen LogP contribution >= 0.6 is 0 Å². The van der Waals surface area contributed by atoms with Crippen LogP contribution in [0.5, 0.6) is 0 Å². The fraction of sp³-hybridized carbons (Fsp3) is 0.308. The normalized spacial score (nSPS) is 12.1. The fourth-order valence-corrected chi connectivity index (χ4v) is 2.06. The molecule has 0 radical (unpaired) electrons. The van der Waals surface area contributed by atoms with Crippen molar-refractivity contribution in [1.82, 2.24) is 4.57 Å². The molecule has 96 valence electrons. The zero-order valence-corrected chi connectivity index (χ0v) is 10.0. The van der Waals surface area contributed by atoms with E-state index in [4.69, 9.17) is 0 Å². The number of aryl methyl sites for hydroxylation is 1. The Kier molecular flexibility index (Phi) is 2.92. The molecule has 0 spiro atoms. The van der Waals surface area contributed by atoms with Crippen LogP contribution < -0.4 is 0 Å². The van der Waals surface area contributed by atoms with Crippen LogP contribution in [-0.2, 0) is 24.4 Å². The van der Waals surface area contributed by atoms with Gasteiger partial charge in [-0.1, -0.05) is 0 Å². The average molecular weight is 255 g/mol. The van der Waals surface area contributed by atoms with E-state index in [1.54, 1.807) is 17.8 Å². The monoisotopic (exact) mass is 255 g/mol. The van der Waals surface area contributed by atoms with Gasteiger partial charge in [-0.2, -0.15) is 13.2 Å². The van der Waals surface area contributed by atoms with Crippen molar-refractivity contribution in [2.45, 2.75) is 19.5 Å². The molecule has 1 aromatic heterocycles. The summed E-state index contributed by atoms with van der Waals surface area (Å²) >= 11 is 0. The van der Waals surface area contributed by atoms with Crippen LogP contribution in [0, 0.1) is 0 Å².